The van der Waals surface area contributed by atoms with Crippen LogP contribution in [-0.4, -0.2) is 31.6 Å². The highest BCUT2D eigenvalue weighted by Crippen LogP contribution is 2.21. The molecule has 0 heterocycles. The van der Waals surface area contributed by atoms with Crippen molar-refractivity contribution in [2.75, 3.05) is 19.0 Å². The van der Waals surface area contributed by atoms with Crippen LogP contribution in [0.15, 0.2) is 54.6 Å². The lowest BCUT2D eigenvalue weighted by Gasteiger charge is -2.15. The number of ether oxygens (including phenoxy) is 2. The maximum atomic E-state index is 12.3. The maximum Gasteiger partial charge on any atom is 0.339 e. The molecule has 0 unspecified atom stereocenters. The van der Waals surface area contributed by atoms with Crippen LogP contribution in [0.3, 0.4) is 0 Å². The Morgan fingerprint density at radius 1 is 1.00 bits per heavy atom. The second-order valence-corrected chi connectivity index (χ2v) is 5.56. The summed E-state index contributed by atoms with van der Waals surface area (Å²) < 4.78 is 9.82. The number of amides is 1. The number of methoxy groups -OCH3 is 1. The molecule has 0 saturated carbocycles. The van der Waals surface area contributed by atoms with E-state index in [1.165, 1.54) is 13.2 Å². The number of esters is 2. The van der Waals surface area contributed by atoms with Crippen LogP contribution in [0.2, 0.25) is 0 Å². The van der Waals surface area contributed by atoms with E-state index in [0.29, 0.717) is 12.1 Å². The van der Waals surface area contributed by atoms with Gasteiger partial charge in [0.25, 0.3) is 5.91 Å². The van der Waals surface area contributed by atoms with Crippen molar-refractivity contribution in [1.29, 1.82) is 0 Å². The Labute approximate surface area is 152 Å². The average Bonchev–Trinajstić information content (AvgIpc) is 2.67. The van der Waals surface area contributed by atoms with Gasteiger partial charge in [-0.1, -0.05) is 49.4 Å². The summed E-state index contributed by atoms with van der Waals surface area (Å²) in [6.07, 6.45) is 0.565. The molecule has 6 heteroatoms. The molecule has 1 N–H and O–H groups in total. The number of hydrogen-bond acceptors (Lipinski definition) is 5. The monoisotopic (exact) mass is 355 g/mol. The quantitative estimate of drug-likeness (QED) is 0.772. The van der Waals surface area contributed by atoms with Gasteiger partial charge in [0.2, 0.25) is 0 Å². The van der Waals surface area contributed by atoms with Gasteiger partial charge in [0.15, 0.2) is 6.61 Å². The third-order valence-corrected chi connectivity index (χ3v) is 3.85. The van der Waals surface area contributed by atoms with E-state index in [-0.39, 0.29) is 5.56 Å². The summed E-state index contributed by atoms with van der Waals surface area (Å²) in [4.78, 5) is 36.1. The van der Waals surface area contributed by atoms with Crippen molar-refractivity contribution >= 4 is 23.5 Å². The van der Waals surface area contributed by atoms with Crippen LogP contribution in [0.5, 0.6) is 0 Å². The molecule has 26 heavy (non-hydrogen) atoms. The van der Waals surface area contributed by atoms with Crippen molar-refractivity contribution in [3.63, 3.8) is 0 Å². The molecule has 2 aromatic carbocycles. The summed E-state index contributed by atoms with van der Waals surface area (Å²) in [5, 5.41) is 2.56. The zero-order chi connectivity index (χ0) is 18.9. The van der Waals surface area contributed by atoms with Gasteiger partial charge in [0.1, 0.15) is 0 Å². The van der Waals surface area contributed by atoms with Crippen molar-refractivity contribution in [2.24, 2.45) is 0 Å². The highest BCUT2D eigenvalue weighted by molar-refractivity contribution is 6.01. The van der Waals surface area contributed by atoms with Crippen LogP contribution in [0.4, 0.5) is 5.69 Å². The lowest BCUT2D eigenvalue weighted by Crippen LogP contribution is -2.24. The Morgan fingerprint density at radius 2 is 1.65 bits per heavy atom. The normalized spacial score (nSPS) is 11.3. The third-order valence-electron chi connectivity index (χ3n) is 3.85. The molecule has 136 valence electrons. The third kappa shape index (κ3) is 4.92. The van der Waals surface area contributed by atoms with Crippen molar-refractivity contribution in [2.45, 2.75) is 19.3 Å². The van der Waals surface area contributed by atoms with E-state index >= 15 is 0 Å². The van der Waals surface area contributed by atoms with E-state index in [1.54, 1.807) is 18.2 Å². The van der Waals surface area contributed by atoms with Crippen LogP contribution in [0.25, 0.3) is 0 Å². The molecule has 0 aromatic heterocycles. The molecule has 0 fully saturated rings. The minimum Gasteiger partial charge on any atom is -0.465 e. The molecule has 0 spiro atoms. The Hall–Kier alpha value is -3.15. The molecule has 0 radical (unpaired) electrons. The van der Waals surface area contributed by atoms with Crippen LogP contribution >= 0.6 is 0 Å². The summed E-state index contributed by atoms with van der Waals surface area (Å²) in [5.41, 5.74) is 1.37. The number of carbonyl (C=O) groups is 3. The minimum atomic E-state index is -0.562. The predicted molar refractivity (Wildman–Crippen MR) is 96.8 cm³/mol. The highest BCUT2D eigenvalue weighted by Gasteiger charge is 2.21. The minimum absolute atomic E-state index is 0.227. The Morgan fingerprint density at radius 3 is 2.31 bits per heavy atom. The fourth-order valence-corrected chi connectivity index (χ4v) is 2.53. The number of rotatable bonds is 7. The van der Waals surface area contributed by atoms with Gasteiger partial charge >= 0.3 is 11.9 Å². The first kappa shape index (κ1) is 19.2. The lowest BCUT2D eigenvalue weighted by atomic mass is 9.97. The average molecular weight is 355 g/mol. The van der Waals surface area contributed by atoms with Gasteiger partial charge in [-0.3, -0.25) is 9.59 Å². The molecular formula is C20H21NO5. The number of nitrogens with one attached hydrogen (secondary N) is 1. The topological polar surface area (TPSA) is 81.7 Å². The molecule has 6 nitrogen and oxygen atoms in total. The molecule has 2 rings (SSSR count). The first-order valence-electron chi connectivity index (χ1n) is 8.25. The molecule has 1 atom stereocenters. The molecule has 1 amide bonds. The van der Waals surface area contributed by atoms with Crippen molar-refractivity contribution in [3.8, 4) is 0 Å². The number of anilines is 1. The largest absolute Gasteiger partial charge is 0.465 e. The molecule has 0 bridgehead atoms. The SMILES string of the molecule is CC[C@@H](C(=O)OCC(=O)Nc1ccccc1C(=O)OC)c1ccccc1. The van der Waals surface area contributed by atoms with Crippen LogP contribution in [0.1, 0.15) is 35.2 Å². The van der Waals surface area contributed by atoms with Crippen molar-refractivity contribution in [1.82, 2.24) is 0 Å². The predicted octanol–water partition coefficient (Wildman–Crippen LogP) is 3.15. The summed E-state index contributed by atoms with van der Waals surface area (Å²) >= 11 is 0. The van der Waals surface area contributed by atoms with Gasteiger partial charge in [0.05, 0.1) is 24.3 Å². The standard InChI is InChI=1S/C20H21NO5/c1-3-15(14-9-5-4-6-10-14)20(24)26-13-18(22)21-17-12-8-7-11-16(17)19(23)25-2/h4-12,15H,3,13H2,1-2H3,(H,21,22)/t15-/m1/s1. The number of hydrogen-bond donors (Lipinski definition) is 1. The van der Waals surface area contributed by atoms with Gasteiger partial charge in [-0.2, -0.15) is 0 Å². The number of benzene rings is 2. The van der Waals surface area contributed by atoms with Crippen LogP contribution < -0.4 is 5.32 Å². The van der Waals surface area contributed by atoms with Crippen molar-refractivity contribution in [3.05, 3.63) is 65.7 Å². The van der Waals surface area contributed by atoms with E-state index in [4.69, 9.17) is 4.74 Å². The molecule has 0 saturated heterocycles. The van der Waals surface area contributed by atoms with Gasteiger partial charge in [-0.15, -0.1) is 0 Å². The number of para-hydroxylation sites is 1. The second kappa shape index (κ2) is 9.36. The smallest absolute Gasteiger partial charge is 0.339 e. The Bertz CT molecular complexity index is 773. The first-order valence-corrected chi connectivity index (χ1v) is 8.25. The van der Waals surface area contributed by atoms with Gasteiger partial charge < -0.3 is 14.8 Å². The van der Waals surface area contributed by atoms with Crippen LogP contribution in [0, 0.1) is 0 Å². The first-order chi connectivity index (χ1) is 12.6. The maximum absolute atomic E-state index is 12.3. The van der Waals surface area contributed by atoms with E-state index in [2.05, 4.69) is 10.1 Å². The van der Waals surface area contributed by atoms with Crippen molar-refractivity contribution < 1.29 is 23.9 Å². The van der Waals surface area contributed by atoms with Gasteiger partial charge in [-0.25, -0.2) is 4.79 Å². The summed E-state index contributed by atoms with van der Waals surface area (Å²) in [7, 11) is 1.26. The molecule has 0 aliphatic carbocycles. The zero-order valence-corrected chi connectivity index (χ0v) is 14.7. The summed E-state index contributed by atoms with van der Waals surface area (Å²) in [5.74, 6) is -1.98. The van der Waals surface area contributed by atoms with Crippen LogP contribution in [-0.2, 0) is 19.1 Å². The molecule has 2 aromatic rings. The Balaban J connectivity index is 1.97. The highest BCUT2D eigenvalue weighted by atomic mass is 16.5. The van der Waals surface area contributed by atoms with E-state index in [0.717, 1.165) is 5.56 Å². The second-order valence-electron chi connectivity index (χ2n) is 5.56. The fraction of sp³-hybridized carbons (Fsp3) is 0.250. The van der Waals surface area contributed by atoms with E-state index in [9.17, 15) is 14.4 Å². The summed E-state index contributed by atoms with van der Waals surface area (Å²) in [6.45, 7) is 1.45. The molecular weight excluding hydrogens is 334 g/mol. The molecule has 0 aliphatic rings. The fourth-order valence-electron chi connectivity index (χ4n) is 2.53. The lowest BCUT2D eigenvalue weighted by molar-refractivity contribution is -0.149. The zero-order valence-electron chi connectivity index (χ0n) is 14.7. The van der Waals surface area contributed by atoms with E-state index in [1.807, 2.05) is 37.3 Å². The van der Waals surface area contributed by atoms with Gasteiger partial charge in [0, 0.05) is 0 Å². The number of carbonyl (C=O) groups excluding carboxylic acids is 3. The Kier molecular flexibility index (Phi) is 6.91. The van der Waals surface area contributed by atoms with Gasteiger partial charge in [-0.05, 0) is 24.1 Å². The van der Waals surface area contributed by atoms with E-state index < -0.39 is 30.4 Å². The summed E-state index contributed by atoms with van der Waals surface area (Å²) in [6, 6.07) is 15.7. The molecule has 0 aliphatic heterocycles.